The number of carbonyl (C=O) groups excluding carboxylic acids is 1. The van der Waals surface area contributed by atoms with E-state index >= 15 is 0 Å². The normalized spacial score (nSPS) is 27.4. The van der Waals surface area contributed by atoms with E-state index < -0.39 is 5.41 Å². The van der Waals surface area contributed by atoms with Crippen LogP contribution in [0.25, 0.3) is 0 Å². The van der Waals surface area contributed by atoms with Crippen LogP contribution in [0.5, 0.6) is 0 Å². The second kappa shape index (κ2) is 4.70. The molecule has 0 spiro atoms. The highest BCUT2D eigenvalue weighted by Gasteiger charge is 2.44. The SMILES string of the molecule is CCc1nn(C)cc1NC(=O)C1(C)COCC1N. The number of amides is 1. The van der Waals surface area contributed by atoms with Crippen molar-refractivity contribution < 1.29 is 9.53 Å². The maximum absolute atomic E-state index is 12.3. The third kappa shape index (κ3) is 2.13. The van der Waals surface area contributed by atoms with Gasteiger partial charge in [0, 0.05) is 19.3 Å². The van der Waals surface area contributed by atoms with E-state index in [2.05, 4.69) is 10.4 Å². The zero-order chi connectivity index (χ0) is 13.3. The molecule has 2 heterocycles. The molecule has 2 atom stereocenters. The fourth-order valence-electron chi connectivity index (χ4n) is 2.09. The topological polar surface area (TPSA) is 82.2 Å². The minimum absolute atomic E-state index is 0.102. The Morgan fingerprint density at radius 2 is 2.50 bits per heavy atom. The van der Waals surface area contributed by atoms with Crippen LogP contribution < -0.4 is 11.1 Å². The van der Waals surface area contributed by atoms with E-state index in [1.165, 1.54) is 0 Å². The van der Waals surface area contributed by atoms with E-state index in [0.29, 0.717) is 13.2 Å². The minimum atomic E-state index is -0.666. The molecule has 1 aliphatic heterocycles. The van der Waals surface area contributed by atoms with Gasteiger partial charge in [0.05, 0.1) is 30.0 Å². The summed E-state index contributed by atoms with van der Waals surface area (Å²) < 4.78 is 6.98. The number of nitrogens with one attached hydrogen (secondary N) is 1. The van der Waals surface area contributed by atoms with Gasteiger partial charge < -0.3 is 15.8 Å². The minimum Gasteiger partial charge on any atom is -0.379 e. The molecule has 2 rings (SSSR count). The van der Waals surface area contributed by atoms with Gasteiger partial charge in [0.2, 0.25) is 5.91 Å². The van der Waals surface area contributed by atoms with Gasteiger partial charge in [-0.2, -0.15) is 5.10 Å². The van der Waals surface area contributed by atoms with E-state index in [1.54, 1.807) is 10.9 Å². The quantitative estimate of drug-likeness (QED) is 0.809. The summed E-state index contributed by atoms with van der Waals surface area (Å²) in [5.41, 5.74) is 6.90. The maximum Gasteiger partial charge on any atom is 0.234 e. The Labute approximate surface area is 106 Å². The molecule has 1 aliphatic rings. The summed E-state index contributed by atoms with van der Waals surface area (Å²) in [5.74, 6) is -0.102. The van der Waals surface area contributed by atoms with Crippen molar-refractivity contribution in [2.24, 2.45) is 18.2 Å². The first-order valence-corrected chi connectivity index (χ1v) is 6.14. The van der Waals surface area contributed by atoms with Crippen molar-refractivity contribution in [3.05, 3.63) is 11.9 Å². The van der Waals surface area contributed by atoms with Crippen molar-refractivity contribution in [3.63, 3.8) is 0 Å². The number of aromatic nitrogens is 2. The molecule has 6 nitrogen and oxygen atoms in total. The van der Waals surface area contributed by atoms with Crippen LogP contribution >= 0.6 is 0 Å². The van der Waals surface area contributed by atoms with Gasteiger partial charge in [-0.3, -0.25) is 9.48 Å². The lowest BCUT2D eigenvalue weighted by Gasteiger charge is -2.25. The molecule has 1 aromatic rings. The van der Waals surface area contributed by atoms with Crippen LogP contribution in [0.4, 0.5) is 5.69 Å². The molecule has 0 aromatic carbocycles. The first-order chi connectivity index (χ1) is 8.47. The highest BCUT2D eigenvalue weighted by molar-refractivity contribution is 5.96. The Kier molecular flexibility index (Phi) is 3.41. The van der Waals surface area contributed by atoms with Gasteiger partial charge >= 0.3 is 0 Å². The summed E-state index contributed by atoms with van der Waals surface area (Å²) in [5, 5.41) is 7.20. The highest BCUT2D eigenvalue weighted by atomic mass is 16.5. The van der Waals surface area contributed by atoms with Crippen LogP contribution in [-0.2, 0) is 23.0 Å². The molecule has 6 heteroatoms. The van der Waals surface area contributed by atoms with Crippen LogP contribution in [0.15, 0.2) is 6.20 Å². The second-order valence-corrected chi connectivity index (χ2v) is 5.01. The molecule has 100 valence electrons. The van der Waals surface area contributed by atoms with Crippen molar-refractivity contribution in [1.29, 1.82) is 0 Å². The molecule has 1 amide bonds. The van der Waals surface area contributed by atoms with Gasteiger partial charge in [0.25, 0.3) is 0 Å². The van der Waals surface area contributed by atoms with Gasteiger partial charge in [-0.1, -0.05) is 6.92 Å². The molecule has 1 aromatic heterocycles. The largest absolute Gasteiger partial charge is 0.379 e. The number of ether oxygens (including phenoxy) is 1. The lowest BCUT2D eigenvalue weighted by Crippen LogP contribution is -2.47. The third-order valence-corrected chi connectivity index (χ3v) is 3.52. The number of anilines is 1. The molecule has 1 fully saturated rings. The molecule has 1 saturated heterocycles. The molecule has 3 N–H and O–H groups in total. The molecule has 0 bridgehead atoms. The fourth-order valence-corrected chi connectivity index (χ4v) is 2.09. The summed E-state index contributed by atoms with van der Waals surface area (Å²) in [7, 11) is 1.83. The average Bonchev–Trinajstić information content (AvgIpc) is 2.84. The summed E-state index contributed by atoms with van der Waals surface area (Å²) in [6.07, 6.45) is 2.58. The number of rotatable bonds is 3. The summed E-state index contributed by atoms with van der Waals surface area (Å²) >= 11 is 0. The fraction of sp³-hybridized carbons (Fsp3) is 0.667. The highest BCUT2D eigenvalue weighted by Crippen LogP contribution is 2.29. The van der Waals surface area contributed by atoms with E-state index in [1.807, 2.05) is 20.9 Å². The predicted molar refractivity (Wildman–Crippen MR) is 68.1 cm³/mol. The lowest BCUT2D eigenvalue weighted by atomic mass is 9.85. The van der Waals surface area contributed by atoms with Crippen molar-refractivity contribution in [3.8, 4) is 0 Å². The van der Waals surface area contributed by atoms with Gasteiger partial charge in [0.1, 0.15) is 0 Å². The van der Waals surface area contributed by atoms with Gasteiger partial charge in [-0.15, -0.1) is 0 Å². The molecule has 18 heavy (non-hydrogen) atoms. The Morgan fingerprint density at radius 3 is 3.06 bits per heavy atom. The Hall–Kier alpha value is -1.40. The van der Waals surface area contributed by atoms with E-state index in [9.17, 15) is 4.79 Å². The van der Waals surface area contributed by atoms with E-state index in [4.69, 9.17) is 10.5 Å². The first kappa shape index (κ1) is 13.0. The molecular weight excluding hydrogens is 232 g/mol. The summed E-state index contributed by atoms with van der Waals surface area (Å²) in [4.78, 5) is 12.3. The number of hydrogen-bond acceptors (Lipinski definition) is 4. The lowest BCUT2D eigenvalue weighted by molar-refractivity contribution is -0.125. The maximum atomic E-state index is 12.3. The Morgan fingerprint density at radius 1 is 1.78 bits per heavy atom. The number of carbonyl (C=O) groups is 1. The van der Waals surface area contributed by atoms with Gasteiger partial charge in [-0.25, -0.2) is 0 Å². The number of hydrogen-bond donors (Lipinski definition) is 2. The zero-order valence-electron chi connectivity index (χ0n) is 11.1. The van der Waals surface area contributed by atoms with E-state index in [0.717, 1.165) is 17.8 Å². The van der Waals surface area contributed by atoms with Crippen LogP contribution in [0, 0.1) is 5.41 Å². The standard InChI is InChI=1S/C12H20N4O2/c1-4-8-9(5-16(3)15-8)14-11(17)12(2)7-18-6-10(12)13/h5,10H,4,6-7,13H2,1-3H3,(H,14,17). The van der Waals surface area contributed by atoms with E-state index in [-0.39, 0.29) is 11.9 Å². The zero-order valence-corrected chi connectivity index (χ0v) is 11.1. The Bertz CT molecular complexity index is 457. The molecule has 0 radical (unpaired) electrons. The average molecular weight is 252 g/mol. The Balaban J connectivity index is 2.16. The molecular formula is C12H20N4O2. The van der Waals surface area contributed by atoms with Crippen LogP contribution in [-0.4, -0.2) is 34.9 Å². The number of aryl methyl sites for hydroxylation is 2. The number of nitrogens with two attached hydrogens (primary N) is 1. The van der Waals surface area contributed by atoms with Crippen molar-refractivity contribution >= 4 is 11.6 Å². The summed E-state index contributed by atoms with van der Waals surface area (Å²) in [6.45, 7) is 4.63. The van der Waals surface area contributed by atoms with Gasteiger partial charge in [-0.05, 0) is 13.3 Å². The second-order valence-electron chi connectivity index (χ2n) is 5.01. The predicted octanol–water partition coefficient (Wildman–Crippen LogP) is 0.285. The van der Waals surface area contributed by atoms with Crippen molar-refractivity contribution in [2.45, 2.75) is 26.3 Å². The third-order valence-electron chi connectivity index (χ3n) is 3.52. The molecule has 0 aliphatic carbocycles. The summed E-state index contributed by atoms with van der Waals surface area (Å²) in [6, 6.07) is -0.265. The van der Waals surface area contributed by atoms with Crippen LogP contribution in [0.3, 0.4) is 0 Å². The van der Waals surface area contributed by atoms with Crippen LogP contribution in [0.1, 0.15) is 19.5 Å². The van der Waals surface area contributed by atoms with Crippen LogP contribution in [0.2, 0.25) is 0 Å². The monoisotopic (exact) mass is 252 g/mol. The van der Waals surface area contributed by atoms with Gasteiger partial charge in [0.15, 0.2) is 0 Å². The molecule has 2 unspecified atom stereocenters. The number of nitrogens with zero attached hydrogens (tertiary/aromatic N) is 2. The first-order valence-electron chi connectivity index (χ1n) is 6.14. The smallest absolute Gasteiger partial charge is 0.234 e. The molecule has 0 saturated carbocycles. The van der Waals surface area contributed by atoms with Crippen molar-refractivity contribution in [1.82, 2.24) is 9.78 Å². The van der Waals surface area contributed by atoms with Crippen molar-refractivity contribution in [2.75, 3.05) is 18.5 Å².